The summed E-state index contributed by atoms with van der Waals surface area (Å²) in [4.78, 5) is 0. The quantitative estimate of drug-likeness (QED) is 0.141. The molecule has 0 aliphatic rings. The summed E-state index contributed by atoms with van der Waals surface area (Å²) in [5.41, 5.74) is -10.9. The van der Waals surface area contributed by atoms with Crippen molar-refractivity contribution in [2.45, 2.75) is 0 Å². The number of halogens is 16. The Morgan fingerprint density at radius 1 is 0.262 bits per heavy atom. The molecule has 0 spiro atoms. The molecule has 0 saturated heterocycles. The number of benzene rings is 4. The minimum Gasteiger partial charge on any atom is -0.210 e. The first-order valence-electron chi connectivity index (χ1n) is 10.5. The monoisotopic (exact) mass is 630 g/mol. The van der Waals surface area contributed by atoms with Gasteiger partial charge in [-0.25, -0.2) is 70.2 Å². The molecular formula is C24H4BF16Na. The molecule has 0 atom stereocenters. The second-order valence-electron chi connectivity index (χ2n) is 8.39. The van der Waals surface area contributed by atoms with Crippen molar-refractivity contribution in [2.75, 3.05) is 0 Å². The van der Waals surface area contributed by atoms with Crippen molar-refractivity contribution >= 4 is 28.0 Å². The van der Waals surface area contributed by atoms with Gasteiger partial charge in [0.25, 0.3) is 0 Å². The van der Waals surface area contributed by atoms with Gasteiger partial charge in [0.1, 0.15) is 29.4 Å². The fraction of sp³-hybridized carbons (Fsp3) is 0. The Hall–Kier alpha value is -3.18. The molecule has 0 radical (unpaired) electrons. The molecule has 18 heteroatoms. The summed E-state index contributed by atoms with van der Waals surface area (Å²) in [5.74, 6) is -45.1. The molecule has 4 aromatic carbocycles. The molecule has 0 bridgehead atoms. The summed E-state index contributed by atoms with van der Waals surface area (Å²) in [7, 11) is 0. The molecular weight excluding hydrogens is 626 g/mol. The third-order valence-electron chi connectivity index (χ3n) is 6.33. The van der Waals surface area contributed by atoms with Crippen LogP contribution >= 0.6 is 0 Å². The van der Waals surface area contributed by atoms with E-state index in [4.69, 9.17) is 0 Å². The Morgan fingerprint density at radius 2 is 0.429 bits per heavy atom. The van der Waals surface area contributed by atoms with Crippen molar-refractivity contribution in [3.63, 3.8) is 0 Å². The van der Waals surface area contributed by atoms with Crippen LogP contribution in [0.3, 0.4) is 0 Å². The fourth-order valence-electron chi connectivity index (χ4n) is 4.77. The fourth-order valence-corrected chi connectivity index (χ4v) is 4.77. The zero-order valence-electron chi connectivity index (χ0n) is 19.9. The van der Waals surface area contributed by atoms with E-state index >= 15 is 35.1 Å². The van der Waals surface area contributed by atoms with Crippen molar-refractivity contribution < 1.29 is 99.8 Å². The van der Waals surface area contributed by atoms with E-state index in [-0.39, 0.29) is 29.6 Å². The van der Waals surface area contributed by atoms with E-state index in [1.165, 1.54) is 0 Å². The summed E-state index contributed by atoms with van der Waals surface area (Å²) >= 11 is 0. The maximum Gasteiger partial charge on any atom is 1.00 e. The third-order valence-corrected chi connectivity index (χ3v) is 6.33. The molecule has 0 unspecified atom stereocenters. The molecule has 0 amide bonds. The number of hydrogen-bond acceptors (Lipinski definition) is 0. The number of rotatable bonds is 4. The molecule has 0 aliphatic heterocycles. The zero-order valence-corrected chi connectivity index (χ0v) is 21.9. The van der Waals surface area contributed by atoms with Gasteiger partial charge < -0.3 is 0 Å². The molecule has 216 valence electrons. The predicted molar refractivity (Wildman–Crippen MR) is 109 cm³/mol. The van der Waals surface area contributed by atoms with Gasteiger partial charge in [-0.2, -0.15) is 0 Å². The Morgan fingerprint density at radius 3 is 0.595 bits per heavy atom. The van der Waals surface area contributed by atoms with E-state index in [9.17, 15) is 35.1 Å². The van der Waals surface area contributed by atoms with Gasteiger partial charge in [0.2, 0.25) is 0 Å². The molecule has 0 N–H and O–H groups in total. The first-order chi connectivity index (χ1) is 19.0. The van der Waals surface area contributed by atoms with E-state index in [1.807, 2.05) is 0 Å². The van der Waals surface area contributed by atoms with Crippen LogP contribution in [0.4, 0.5) is 70.2 Å². The van der Waals surface area contributed by atoms with Gasteiger partial charge in [-0.15, -0.1) is 21.9 Å². The van der Waals surface area contributed by atoms with Gasteiger partial charge in [0.15, 0.2) is 46.5 Å². The average molecular weight is 630 g/mol. The van der Waals surface area contributed by atoms with E-state index in [0.717, 1.165) is 0 Å². The van der Waals surface area contributed by atoms with Gasteiger partial charge >= 0.3 is 29.6 Å². The molecule has 0 saturated carbocycles. The summed E-state index contributed by atoms with van der Waals surface area (Å²) in [6, 6.07) is -2.92. The minimum atomic E-state index is -6.18. The van der Waals surface area contributed by atoms with Crippen molar-refractivity contribution in [1.82, 2.24) is 0 Å². The largest absolute Gasteiger partial charge is 1.00 e. The average Bonchev–Trinajstić information content (AvgIpc) is 2.87. The second-order valence-corrected chi connectivity index (χ2v) is 8.39. The molecule has 0 aromatic heterocycles. The zero-order chi connectivity index (χ0) is 30.9. The predicted octanol–water partition coefficient (Wildman–Crippen LogP) is 2.29. The smallest absolute Gasteiger partial charge is 0.210 e. The maximum atomic E-state index is 15.3. The summed E-state index contributed by atoms with van der Waals surface area (Å²) in [6.07, 6.45) is -6.18. The van der Waals surface area contributed by atoms with Gasteiger partial charge in [0, 0.05) is 24.3 Å². The number of hydrogen-bond donors (Lipinski definition) is 0. The van der Waals surface area contributed by atoms with Crippen molar-refractivity contribution in [2.24, 2.45) is 0 Å². The normalized spacial score (nSPS) is 11.6. The van der Waals surface area contributed by atoms with Crippen LogP contribution in [-0.4, -0.2) is 6.15 Å². The van der Waals surface area contributed by atoms with Crippen LogP contribution in [0.1, 0.15) is 0 Å². The summed E-state index contributed by atoms with van der Waals surface area (Å²) < 4.78 is 235. The molecule has 0 heterocycles. The van der Waals surface area contributed by atoms with Crippen LogP contribution < -0.4 is 51.4 Å². The van der Waals surface area contributed by atoms with Crippen LogP contribution in [0.5, 0.6) is 0 Å². The van der Waals surface area contributed by atoms with E-state index in [2.05, 4.69) is 0 Å². The summed E-state index contributed by atoms with van der Waals surface area (Å²) in [5, 5.41) is 0. The molecule has 4 rings (SSSR count). The molecule has 42 heavy (non-hydrogen) atoms. The van der Waals surface area contributed by atoms with E-state index < -0.39 is 145 Å². The van der Waals surface area contributed by atoms with Crippen LogP contribution in [-0.2, 0) is 0 Å². The van der Waals surface area contributed by atoms with Crippen LogP contribution in [0.2, 0.25) is 0 Å². The maximum absolute atomic E-state index is 15.3. The van der Waals surface area contributed by atoms with Crippen LogP contribution in [0, 0.1) is 93.1 Å². The first kappa shape index (κ1) is 33.3. The topological polar surface area (TPSA) is 0 Å². The van der Waals surface area contributed by atoms with E-state index in [0.29, 0.717) is 0 Å². The molecule has 0 fully saturated rings. The van der Waals surface area contributed by atoms with Gasteiger partial charge in [-0.05, 0) is 0 Å². The van der Waals surface area contributed by atoms with Crippen molar-refractivity contribution in [3.05, 3.63) is 117 Å². The first-order valence-corrected chi connectivity index (χ1v) is 10.5. The van der Waals surface area contributed by atoms with E-state index in [1.54, 1.807) is 0 Å². The standard InChI is InChI=1S/C24H4BF16.Na/c26-5-1-9(30)17(34)21(38)13(5)25(14-6(27)2-10(31)18(35)22(14)39,15-7(28)3-11(32)19(36)23(15)40)16-8(29)4-12(33)20(37)24(16)41;/h1-4H;/q-1;+1. The van der Waals surface area contributed by atoms with Gasteiger partial charge in [-0.3, -0.25) is 0 Å². The Bertz CT molecular complexity index is 1510. The van der Waals surface area contributed by atoms with Gasteiger partial charge in [0.05, 0.1) is 23.3 Å². The Balaban J connectivity index is 0.00000484. The minimum absolute atomic E-state index is 0. The molecule has 4 aromatic rings. The second kappa shape index (κ2) is 11.5. The Labute approximate surface area is 244 Å². The van der Waals surface area contributed by atoms with Crippen LogP contribution in [0.15, 0.2) is 24.3 Å². The molecule has 0 nitrogen and oxygen atoms in total. The summed E-state index contributed by atoms with van der Waals surface area (Å²) in [6.45, 7) is 0. The Kier molecular flexibility index (Phi) is 9.11. The van der Waals surface area contributed by atoms with Crippen LogP contribution in [0.25, 0.3) is 0 Å². The van der Waals surface area contributed by atoms with Gasteiger partial charge in [-0.1, -0.05) is 0 Å². The SMILES string of the molecule is Fc1cc(F)c([B-](c2c(F)cc(F)c(F)c2F)(c2c(F)cc(F)c(F)c2F)c2c(F)cc(F)c(F)c2F)c(F)c1F.[Na+]. The third kappa shape index (κ3) is 4.65. The van der Waals surface area contributed by atoms with Crippen molar-refractivity contribution in [1.29, 1.82) is 0 Å². The van der Waals surface area contributed by atoms with Crippen molar-refractivity contribution in [3.8, 4) is 0 Å². The molecule has 0 aliphatic carbocycles.